The fraction of sp³-hybridized carbons (Fsp3) is 0.111. The number of hydrogen-bond donors (Lipinski definition) is 2. The van der Waals surface area contributed by atoms with Gasteiger partial charge in [0.25, 0.3) is 5.91 Å². The van der Waals surface area contributed by atoms with Crippen LogP contribution in [0.5, 0.6) is 0 Å². The van der Waals surface area contributed by atoms with Gasteiger partial charge >= 0.3 is 5.97 Å². The first-order chi connectivity index (χ1) is 11.5. The number of carbonyl (C=O) groups excluding carboxylic acids is 2. The van der Waals surface area contributed by atoms with Crippen LogP contribution in [-0.2, 0) is 9.53 Å². The van der Waals surface area contributed by atoms with Crippen molar-refractivity contribution in [1.29, 1.82) is 0 Å². The van der Waals surface area contributed by atoms with Gasteiger partial charge in [0.1, 0.15) is 0 Å². The highest BCUT2D eigenvalue weighted by Crippen LogP contribution is 2.19. The van der Waals surface area contributed by atoms with E-state index in [1.54, 1.807) is 25.3 Å². The summed E-state index contributed by atoms with van der Waals surface area (Å²) in [5, 5.41) is 3.48. The number of para-hydroxylation sites is 1. The van der Waals surface area contributed by atoms with Gasteiger partial charge in [-0.3, -0.25) is 4.79 Å². The molecule has 0 aliphatic carbocycles. The minimum atomic E-state index is -0.908. The number of aromatic nitrogens is 1. The topological polar surface area (TPSA) is 71.2 Å². The van der Waals surface area contributed by atoms with Crippen LogP contribution in [0.25, 0.3) is 10.9 Å². The number of rotatable bonds is 4. The predicted octanol–water partition coefficient (Wildman–Crippen LogP) is 4.11. The molecule has 1 heterocycles. The van der Waals surface area contributed by atoms with E-state index in [-0.39, 0.29) is 5.91 Å². The number of amides is 1. The van der Waals surface area contributed by atoms with Crippen LogP contribution in [0.1, 0.15) is 17.3 Å². The summed E-state index contributed by atoms with van der Waals surface area (Å²) in [4.78, 5) is 27.5. The number of halogens is 1. The molecule has 0 aliphatic rings. The second-order valence-corrected chi connectivity index (χ2v) is 6.21. The Morgan fingerprint density at radius 3 is 2.58 bits per heavy atom. The molecule has 0 radical (unpaired) electrons. The molecule has 0 fully saturated rings. The number of aromatic amines is 1. The number of H-pyrrole nitrogens is 1. The number of fused-ring (bicyclic) bond motifs is 1. The van der Waals surface area contributed by atoms with E-state index in [0.29, 0.717) is 11.3 Å². The van der Waals surface area contributed by atoms with Crippen molar-refractivity contribution in [3.8, 4) is 0 Å². The SMILES string of the molecule is CC(OC(=O)c1c[nH]c2ccccc12)C(=O)Nc1ccc(Br)cc1. The van der Waals surface area contributed by atoms with Crippen LogP contribution in [0.2, 0.25) is 0 Å². The Labute approximate surface area is 147 Å². The maximum atomic E-state index is 12.3. The molecular formula is C18H15BrN2O3. The van der Waals surface area contributed by atoms with E-state index < -0.39 is 12.1 Å². The van der Waals surface area contributed by atoms with Crippen LogP contribution in [0.4, 0.5) is 5.69 Å². The Bertz CT molecular complexity index is 887. The molecule has 0 aliphatic heterocycles. The van der Waals surface area contributed by atoms with Crippen LogP contribution in [-0.4, -0.2) is 23.0 Å². The van der Waals surface area contributed by atoms with Crippen molar-refractivity contribution in [3.05, 3.63) is 64.8 Å². The van der Waals surface area contributed by atoms with Gasteiger partial charge in [-0.15, -0.1) is 0 Å². The van der Waals surface area contributed by atoms with E-state index in [2.05, 4.69) is 26.2 Å². The molecule has 1 amide bonds. The Morgan fingerprint density at radius 2 is 1.83 bits per heavy atom. The van der Waals surface area contributed by atoms with Gasteiger partial charge in [-0.2, -0.15) is 0 Å². The maximum Gasteiger partial charge on any atom is 0.341 e. The molecule has 5 nitrogen and oxygen atoms in total. The second kappa shape index (κ2) is 6.88. The zero-order valence-electron chi connectivity index (χ0n) is 12.9. The molecule has 1 atom stereocenters. The standard InChI is InChI=1S/C18H15BrN2O3/c1-11(17(22)21-13-8-6-12(19)7-9-13)24-18(23)15-10-20-16-5-3-2-4-14(15)16/h2-11,20H,1H3,(H,21,22). The van der Waals surface area contributed by atoms with Crippen LogP contribution >= 0.6 is 15.9 Å². The van der Waals surface area contributed by atoms with Crippen molar-refractivity contribution in [2.45, 2.75) is 13.0 Å². The predicted molar refractivity (Wildman–Crippen MR) is 95.9 cm³/mol. The van der Waals surface area contributed by atoms with E-state index in [1.807, 2.05) is 36.4 Å². The summed E-state index contributed by atoms with van der Waals surface area (Å²) in [5.74, 6) is -0.920. The highest BCUT2D eigenvalue weighted by atomic mass is 79.9. The quantitative estimate of drug-likeness (QED) is 0.662. The van der Waals surface area contributed by atoms with Gasteiger partial charge < -0.3 is 15.0 Å². The summed E-state index contributed by atoms with van der Waals surface area (Å²) < 4.78 is 6.20. The molecule has 0 bridgehead atoms. The Hall–Kier alpha value is -2.60. The van der Waals surface area contributed by atoms with Crippen molar-refractivity contribution >= 4 is 44.4 Å². The first-order valence-electron chi connectivity index (χ1n) is 7.38. The van der Waals surface area contributed by atoms with Crippen molar-refractivity contribution < 1.29 is 14.3 Å². The highest BCUT2D eigenvalue weighted by Gasteiger charge is 2.21. The van der Waals surface area contributed by atoms with Gasteiger partial charge in [-0.1, -0.05) is 34.1 Å². The fourth-order valence-electron chi connectivity index (χ4n) is 2.30. The summed E-state index contributed by atoms with van der Waals surface area (Å²) in [6.45, 7) is 1.54. The number of benzene rings is 2. The lowest BCUT2D eigenvalue weighted by Crippen LogP contribution is -2.29. The molecule has 0 saturated carbocycles. The molecule has 3 aromatic rings. The Kier molecular flexibility index (Phi) is 4.66. The van der Waals surface area contributed by atoms with E-state index in [1.165, 1.54) is 0 Å². The molecule has 24 heavy (non-hydrogen) atoms. The molecule has 3 rings (SSSR count). The number of anilines is 1. The minimum Gasteiger partial charge on any atom is -0.449 e. The molecule has 6 heteroatoms. The van der Waals surface area contributed by atoms with E-state index in [9.17, 15) is 9.59 Å². The molecule has 2 aromatic carbocycles. The third-order valence-corrected chi connectivity index (χ3v) is 4.10. The number of hydrogen-bond acceptors (Lipinski definition) is 3. The van der Waals surface area contributed by atoms with Crippen LogP contribution in [0.3, 0.4) is 0 Å². The minimum absolute atomic E-state index is 0.384. The number of esters is 1. The lowest BCUT2D eigenvalue weighted by atomic mass is 10.2. The summed E-state index contributed by atoms with van der Waals surface area (Å²) in [6, 6.07) is 14.6. The van der Waals surface area contributed by atoms with Crippen LogP contribution in [0, 0.1) is 0 Å². The zero-order chi connectivity index (χ0) is 17.1. The average Bonchev–Trinajstić information content (AvgIpc) is 3.01. The van der Waals surface area contributed by atoms with Crippen LogP contribution in [0.15, 0.2) is 59.2 Å². The summed E-state index contributed by atoms with van der Waals surface area (Å²) in [5.41, 5.74) is 1.89. The van der Waals surface area contributed by atoms with E-state index in [0.717, 1.165) is 15.4 Å². The molecule has 0 saturated heterocycles. The van der Waals surface area contributed by atoms with Crippen molar-refractivity contribution in [3.63, 3.8) is 0 Å². The van der Waals surface area contributed by atoms with Crippen molar-refractivity contribution in [1.82, 2.24) is 4.98 Å². The Morgan fingerprint density at radius 1 is 1.12 bits per heavy atom. The number of carbonyl (C=O) groups is 2. The summed E-state index contributed by atoms with van der Waals surface area (Å²) in [7, 11) is 0. The summed E-state index contributed by atoms with van der Waals surface area (Å²) >= 11 is 3.33. The first-order valence-corrected chi connectivity index (χ1v) is 8.17. The number of nitrogens with one attached hydrogen (secondary N) is 2. The summed E-state index contributed by atoms with van der Waals surface area (Å²) in [6.07, 6.45) is 0.682. The molecule has 122 valence electrons. The van der Waals surface area contributed by atoms with Crippen molar-refractivity contribution in [2.24, 2.45) is 0 Å². The Balaban J connectivity index is 1.67. The van der Waals surface area contributed by atoms with Gasteiger partial charge in [0, 0.05) is 27.3 Å². The number of ether oxygens (including phenoxy) is 1. The normalized spacial score (nSPS) is 11.9. The lowest BCUT2D eigenvalue weighted by molar-refractivity contribution is -0.123. The largest absolute Gasteiger partial charge is 0.449 e. The lowest BCUT2D eigenvalue weighted by Gasteiger charge is -2.13. The molecule has 0 spiro atoms. The van der Waals surface area contributed by atoms with Gasteiger partial charge in [-0.25, -0.2) is 4.79 Å². The third kappa shape index (κ3) is 3.49. The van der Waals surface area contributed by atoms with Crippen molar-refractivity contribution in [2.75, 3.05) is 5.32 Å². The molecular weight excluding hydrogens is 372 g/mol. The van der Waals surface area contributed by atoms with E-state index in [4.69, 9.17) is 4.74 Å². The monoisotopic (exact) mass is 386 g/mol. The van der Waals surface area contributed by atoms with Gasteiger partial charge in [0.05, 0.1) is 5.56 Å². The van der Waals surface area contributed by atoms with Gasteiger partial charge in [-0.05, 0) is 37.3 Å². The fourth-order valence-corrected chi connectivity index (χ4v) is 2.56. The van der Waals surface area contributed by atoms with Gasteiger partial charge in [0.2, 0.25) is 0 Å². The molecule has 2 N–H and O–H groups in total. The second-order valence-electron chi connectivity index (χ2n) is 5.29. The van der Waals surface area contributed by atoms with Crippen LogP contribution < -0.4 is 5.32 Å². The maximum absolute atomic E-state index is 12.3. The first kappa shape index (κ1) is 16.3. The highest BCUT2D eigenvalue weighted by molar-refractivity contribution is 9.10. The van der Waals surface area contributed by atoms with E-state index >= 15 is 0 Å². The smallest absolute Gasteiger partial charge is 0.341 e. The third-order valence-electron chi connectivity index (χ3n) is 3.57. The zero-order valence-corrected chi connectivity index (χ0v) is 14.5. The average molecular weight is 387 g/mol. The van der Waals surface area contributed by atoms with Gasteiger partial charge in [0.15, 0.2) is 6.10 Å². The molecule has 1 unspecified atom stereocenters. The molecule has 1 aromatic heterocycles.